The summed E-state index contributed by atoms with van der Waals surface area (Å²) in [5.41, 5.74) is 0.372. The molecule has 0 aromatic rings. The number of carbonyl (C=O) groups is 2. The van der Waals surface area contributed by atoms with E-state index in [2.05, 4.69) is 41.2 Å². The minimum atomic E-state index is -0.663. The van der Waals surface area contributed by atoms with Crippen molar-refractivity contribution in [2.75, 3.05) is 0 Å². The van der Waals surface area contributed by atoms with Crippen molar-refractivity contribution in [1.29, 1.82) is 0 Å². The van der Waals surface area contributed by atoms with Crippen LogP contribution < -0.4 is 0 Å². The van der Waals surface area contributed by atoms with Crippen LogP contribution in [0, 0.1) is 57.2 Å². The minimum absolute atomic E-state index is 0.00275. The standard InChI is InChI=1S/C29H44O4/c1-16(2)18-7-12-29(25(32)33)14-13-27(5)20(23(18)29)15-22(31)24-26(4)10-9-21(30)17(3)19(26)8-11-28(24,27)6/h17-20,22-24,31H,1,7-15H2,2-6H3,(H,32,33)/t17-,18-,19+,20+,22+,23+,24-,26-,27+,28+,29-/m0/s1. The van der Waals surface area contributed by atoms with Gasteiger partial charge in [-0.15, -0.1) is 0 Å². The second-order valence-electron chi connectivity index (χ2n) is 13.6. The molecule has 4 nitrogen and oxygen atoms in total. The number of allylic oxidation sites excluding steroid dienone is 1. The van der Waals surface area contributed by atoms with Crippen molar-refractivity contribution < 1.29 is 19.8 Å². The monoisotopic (exact) mass is 456 g/mol. The molecule has 33 heavy (non-hydrogen) atoms. The summed E-state index contributed by atoms with van der Waals surface area (Å²) in [5.74, 6) is 0.870. The van der Waals surface area contributed by atoms with Crippen molar-refractivity contribution in [2.45, 2.75) is 98.5 Å². The lowest BCUT2D eigenvalue weighted by Gasteiger charge is -2.72. The Kier molecular flexibility index (Phi) is 5.13. The summed E-state index contributed by atoms with van der Waals surface area (Å²) in [5, 5.41) is 22.4. The highest BCUT2D eigenvalue weighted by molar-refractivity contribution is 5.82. The lowest BCUT2D eigenvalue weighted by atomic mass is 9.32. The number of carboxylic acid groups (broad SMARTS) is 1. The Labute approximate surface area is 199 Å². The molecule has 184 valence electrons. The highest BCUT2D eigenvalue weighted by Gasteiger charge is 2.73. The molecule has 0 heterocycles. The third-order valence-corrected chi connectivity index (χ3v) is 12.8. The van der Waals surface area contributed by atoms with E-state index in [0.29, 0.717) is 24.5 Å². The number of hydrogen-bond acceptors (Lipinski definition) is 3. The SMILES string of the molecule is C=C(C)[C@@H]1CC[C@]2(C(=O)O)CC[C@]3(C)[C@H](C[C@@H](O)[C@H]4[C@@]5(C)CCC(=O)[C@@H](C)[C@H]5CC[C@]43C)[C@@H]12. The number of aliphatic carboxylic acids is 1. The van der Waals surface area contributed by atoms with Gasteiger partial charge in [0.2, 0.25) is 0 Å². The molecular formula is C29H44O4. The third kappa shape index (κ3) is 2.74. The summed E-state index contributed by atoms with van der Waals surface area (Å²) < 4.78 is 0. The van der Waals surface area contributed by atoms with Crippen LogP contribution in [-0.4, -0.2) is 28.1 Å². The number of carbonyl (C=O) groups excluding carboxylic acids is 1. The number of aliphatic hydroxyl groups is 1. The van der Waals surface area contributed by atoms with Crippen molar-refractivity contribution in [2.24, 2.45) is 57.2 Å². The highest BCUT2D eigenvalue weighted by Crippen LogP contribution is 2.76. The Bertz CT molecular complexity index is 894. The van der Waals surface area contributed by atoms with Crippen molar-refractivity contribution in [3.63, 3.8) is 0 Å². The second kappa shape index (κ2) is 7.18. The molecule has 0 unspecified atom stereocenters. The largest absolute Gasteiger partial charge is 0.481 e. The van der Waals surface area contributed by atoms with Gasteiger partial charge >= 0.3 is 5.97 Å². The van der Waals surface area contributed by atoms with Crippen LogP contribution in [0.5, 0.6) is 0 Å². The van der Waals surface area contributed by atoms with Crippen molar-refractivity contribution in [1.82, 2.24) is 0 Å². The van der Waals surface area contributed by atoms with Crippen LogP contribution in [0.3, 0.4) is 0 Å². The van der Waals surface area contributed by atoms with Gasteiger partial charge in [0.15, 0.2) is 0 Å². The molecule has 0 amide bonds. The van der Waals surface area contributed by atoms with Gasteiger partial charge in [-0.3, -0.25) is 9.59 Å². The van der Waals surface area contributed by atoms with E-state index in [1.165, 1.54) is 0 Å². The Hall–Kier alpha value is -1.16. The minimum Gasteiger partial charge on any atom is -0.481 e. The highest BCUT2D eigenvalue weighted by atomic mass is 16.4. The Morgan fingerprint density at radius 2 is 1.70 bits per heavy atom. The molecule has 0 saturated heterocycles. The Morgan fingerprint density at radius 3 is 2.33 bits per heavy atom. The zero-order chi connectivity index (χ0) is 24.1. The van der Waals surface area contributed by atoms with Gasteiger partial charge in [0.05, 0.1) is 11.5 Å². The fourth-order valence-electron chi connectivity index (χ4n) is 11.0. The van der Waals surface area contributed by atoms with Crippen LogP contribution in [0.2, 0.25) is 0 Å². The van der Waals surface area contributed by atoms with E-state index < -0.39 is 17.5 Å². The smallest absolute Gasteiger partial charge is 0.309 e. The number of carboxylic acids is 1. The van der Waals surface area contributed by atoms with Crippen molar-refractivity contribution >= 4 is 11.8 Å². The molecule has 0 aromatic heterocycles. The van der Waals surface area contributed by atoms with Crippen LogP contribution >= 0.6 is 0 Å². The fourth-order valence-corrected chi connectivity index (χ4v) is 11.0. The first-order valence-electron chi connectivity index (χ1n) is 13.4. The number of rotatable bonds is 2. The number of ketones is 1. The summed E-state index contributed by atoms with van der Waals surface area (Å²) in [6, 6.07) is 0. The quantitative estimate of drug-likeness (QED) is 0.509. The van der Waals surface area contributed by atoms with Crippen LogP contribution in [0.4, 0.5) is 0 Å². The first-order valence-corrected chi connectivity index (χ1v) is 13.4. The van der Waals surface area contributed by atoms with Gasteiger partial charge in [0, 0.05) is 12.3 Å². The van der Waals surface area contributed by atoms with Gasteiger partial charge in [-0.2, -0.15) is 0 Å². The van der Waals surface area contributed by atoms with Crippen molar-refractivity contribution in [3.05, 3.63) is 12.2 Å². The molecule has 2 N–H and O–H groups in total. The predicted octanol–water partition coefficient (Wildman–Crippen LogP) is 5.88. The summed E-state index contributed by atoms with van der Waals surface area (Å²) in [4.78, 5) is 25.3. The van der Waals surface area contributed by atoms with Crippen LogP contribution in [0.15, 0.2) is 12.2 Å². The molecule has 0 aliphatic heterocycles. The molecule has 0 bridgehead atoms. The van der Waals surface area contributed by atoms with E-state index in [4.69, 9.17) is 0 Å². The average Bonchev–Trinajstić information content (AvgIpc) is 3.14. The second-order valence-corrected chi connectivity index (χ2v) is 13.6. The topological polar surface area (TPSA) is 74.6 Å². The Balaban J connectivity index is 1.60. The first kappa shape index (κ1) is 23.6. The maximum absolute atomic E-state index is 12.7. The summed E-state index contributed by atoms with van der Waals surface area (Å²) in [7, 11) is 0. The van der Waals surface area contributed by atoms with E-state index in [1.807, 2.05) is 0 Å². The van der Waals surface area contributed by atoms with Crippen LogP contribution in [-0.2, 0) is 9.59 Å². The third-order valence-electron chi connectivity index (χ3n) is 12.8. The number of hydrogen-bond donors (Lipinski definition) is 2. The number of Topliss-reactive ketones (excluding diaryl/α,β-unsaturated/α-hetero) is 1. The molecular weight excluding hydrogens is 412 g/mol. The zero-order valence-electron chi connectivity index (χ0n) is 21.3. The lowest BCUT2D eigenvalue weighted by Crippen LogP contribution is -2.69. The molecule has 5 aliphatic rings. The van der Waals surface area contributed by atoms with E-state index >= 15 is 0 Å². The molecule has 0 aromatic carbocycles. The molecule has 4 heteroatoms. The van der Waals surface area contributed by atoms with Crippen LogP contribution in [0.25, 0.3) is 0 Å². The van der Waals surface area contributed by atoms with Gasteiger partial charge < -0.3 is 10.2 Å². The van der Waals surface area contributed by atoms with Gasteiger partial charge in [-0.1, -0.05) is 39.8 Å². The molecule has 5 rings (SSSR count). The summed E-state index contributed by atoms with van der Waals surface area (Å²) in [6.45, 7) is 15.7. The Morgan fingerprint density at radius 1 is 1.00 bits per heavy atom. The normalized spacial score (nSPS) is 55.7. The summed E-state index contributed by atoms with van der Waals surface area (Å²) in [6.07, 6.45) is 7.19. The van der Waals surface area contributed by atoms with Gasteiger partial charge in [-0.05, 0) is 104 Å². The maximum Gasteiger partial charge on any atom is 0.309 e. The molecule has 11 atom stereocenters. The number of fused-ring (bicyclic) bond motifs is 7. The number of aliphatic hydroxyl groups excluding tert-OH is 1. The zero-order valence-corrected chi connectivity index (χ0v) is 21.3. The molecule has 5 aliphatic carbocycles. The molecule has 0 radical (unpaired) electrons. The fraction of sp³-hybridized carbons (Fsp3) is 0.862. The molecule has 5 fully saturated rings. The molecule has 0 spiro atoms. The van der Waals surface area contributed by atoms with Gasteiger partial charge in [-0.25, -0.2) is 0 Å². The molecule has 5 saturated carbocycles. The lowest BCUT2D eigenvalue weighted by molar-refractivity contribution is -0.260. The van der Waals surface area contributed by atoms with Gasteiger partial charge in [0.25, 0.3) is 0 Å². The van der Waals surface area contributed by atoms with Gasteiger partial charge in [0.1, 0.15) is 5.78 Å². The van der Waals surface area contributed by atoms with Crippen molar-refractivity contribution in [3.8, 4) is 0 Å². The van der Waals surface area contributed by atoms with E-state index in [9.17, 15) is 19.8 Å². The first-order chi connectivity index (χ1) is 15.3. The average molecular weight is 457 g/mol. The van der Waals surface area contributed by atoms with E-state index in [1.54, 1.807) is 0 Å². The summed E-state index contributed by atoms with van der Waals surface area (Å²) >= 11 is 0. The van der Waals surface area contributed by atoms with E-state index in [0.717, 1.165) is 50.5 Å². The maximum atomic E-state index is 12.7. The van der Waals surface area contributed by atoms with E-state index in [-0.39, 0.29) is 45.8 Å². The van der Waals surface area contributed by atoms with Crippen LogP contribution in [0.1, 0.15) is 92.4 Å². The predicted molar refractivity (Wildman–Crippen MR) is 128 cm³/mol.